The molecule has 0 atom stereocenters. The van der Waals surface area contributed by atoms with E-state index in [-0.39, 0.29) is 11.7 Å². The van der Waals surface area contributed by atoms with Gasteiger partial charge in [-0.1, -0.05) is 12.1 Å². The van der Waals surface area contributed by atoms with E-state index >= 15 is 0 Å². The molecular weight excluding hydrogens is 335 g/mol. The molecule has 5 nitrogen and oxygen atoms in total. The predicted molar refractivity (Wildman–Crippen MR) is 95.7 cm³/mol. The first-order valence-electron chi connectivity index (χ1n) is 8.51. The van der Waals surface area contributed by atoms with Gasteiger partial charge >= 0.3 is 0 Å². The van der Waals surface area contributed by atoms with E-state index in [1.165, 1.54) is 24.3 Å². The quantitative estimate of drug-likeness (QED) is 0.773. The third-order valence-corrected chi connectivity index (χ3v) is 4.53. The normalized spacial score (nSPS) is 14.0. The summed E-state index contributed by atoms with van der Waals surface area (Å²) in [5.41, 5.74) is 1.19. The number of hydrogen-bond acceptors (Lipinski definition) is 3. The van der Waals surface area contributed by atoms with Crippen LogP contribution in [0, 0.1) is 5.82 Å². The summed E-state index contributed by atoms with van der Waals surface area (Å²) < 4.78 is 18.8. The molecule has 0 aliphatic carbocycles. The van der Waals surface area contributed by atoms with Crippen LogP contribution in [0.4, 0.5) is 10.1 Å². The fourth-order valence-corrected chi connectivity index (χ4v) is 3.17. The fraction of sp³-hybridized carbons (Fsp3) is 0.200. The first-order chi connectivity index (χ1) is 12.6. The van der Waals surface area contributed by atoms with Crippen LogP contribution in [0.25, 0.3) is 11.0 Å². The summed E-state index contributed by atoms with van der Waals surface area (Å²) in [6, 6.07) is 12.4. The number of amides is 2. The highest BCUT2D eigenvalue weighted by Crippen LogP contribution is 2.32. The number of furan rings is 1. The molecule has 6 heteroatoms. The second kappa shape index (κ2) is 6.63. The molecule has 132 valence electrons. The van der Waals surface area contributed by atoms with E-state index in [1.807, 2.05) is 12.1 Å². The molecule has 4 rings (SSSR count). The zero-order valence-corrected chi connectivity index (χ0v) is 14.0. The van der Waals surface area contributed by atoms with Gasteiger partial charge in [-0.2, -0.15) is 0 Å². The number of para-hydroxylation sites is 1. The maximum atomic E-state index is 13.1. The van der Waals surface area contributed by atoms with E-state index in [2.05, 4.69) is 5.32 Å². The van der Waals surface area contributed by atoms with Crippen molar-refractivity contribution in [3.63, 3.8) is 0 Å². The average molecular weight is 352 g/mol. The van der Waals surface area contributed by atoms with Crippen molar-refractivity contribution in [1.29, 1.82) is 0 Å². The van der Waals surface area contributed by atoms with Crippen LogP contribution < -0.4 is 5.32 Å². The maximum Gasteiger partial charge on any atom is 0.291 e. The highest BCUT2D eigenvalue weighted by molar-refractivity contribution is 6.14. The van der Waals surface area contributed by atoms with Crippen LogP contribution in [0.1, 0.15) is 33.8 Å². The summed E-state index contributed by atoms with van der Waals surface area (Å²) in [6.07, 6.45) is 1.92. The molecule has 3 aromatic rings. The molecule has 2 heterocycles. The Labute approximate surface area is 149 Å². The number of halogens is 1. The number of anilines is 1. The molecule has 1 saturated heterocycles. The van der Waals surface area contributed by atoms with Crippen molar-refractivity contribution in [2.75, 3.05) is 18.4 Å². The van der Waals surface area contributed by atoms with Crippen LogP contribution in [-0.4, -0.2) is 29.8 Å². The number of rotatable bonds is 3. The summed E-state index contributed by atoms with van der Waals surface area (Å²) >= 11 is 0. The van der Waals surface area contributed by atoms with E-state index in [4.69, 9.17) is 4.42 Å². The fourth-order valence-electron chi connectivity index (χ4n) is 3.17. The van der Waals surface area contributed by atoms with Crippen LogP contribution in [0.3, 0.4) is 0 Å². The van der Waals surface area contributed by atoms with E-state index in [1.54, 1.807) is 17.0 Å². The maximum absolute atomic E-state index is 13.1. The zero-order chi connectivity index (χ0) is 18.1. The number of nitrogens with one attached hydrogen (secondary N) is 1. The Morgan fingerprint density at radius 1 is 1.00 bits per heavy atom. The van der Waals surface area contributed by atoms with E-state index < -0.39 is 11.7 Å². The minimum Gasteiger partial charge on any atom is -0.449 e. The lowest BCUT2D eigenvalue weighted by molar-refractivity contribution is 0.0765. The van der Waals surface area contributed by atoms with Gasteiger partial charge in [0, 0.05) is 24.0 Å². The molecule has 0 radical (unpaired) electrons. The Kier molecular flexibility index (Phi) is 4.16. The van der Waals surface area contributed by atoms with Gasteiger partial charge in [0.15, 0.2) is 0 Å². The third kappa shape index (κ3) is 2.94. The Bertz CT molecular complexity index is 972. The molecule has 1 aliphatic heterocycles. The molecular formula is C20H17FN2O3. The largest absolute Gasteiger partial charge is 0.449 e. The lowest BCUT2D eigenvalue weighted by Gasteiger charge is -2.14. The second-order valence-electron chi connectivity index (χ2n) is 6.26. The number of fused-ring (bicyclic) bond motifs is 1. The van der Waals surface area contributed by atoms with Gasteiger partial charge in [0.1, 0.15) is 17.1 Å². The van der Waals surface area contributed by atoms with E-state index in [0.29, 0.717) is 35.3 Å². The topological polar surface area (TPSA) is 62.6 Å². The summed E-state index contributed by atoms with van der Waals surface area (Å²) in [4.78, 5) is 27.1. The lowest BCUT2D eigenvalue weighted by Crippen LogP contribution is -2.28. The van der Waals surface area contributed by atoms with Crippen LogP contribution >= 0.6 is 0 Å². The highest BCUT2D eigenvalue weighted by Gasteiger charge is 2.28. The zero-order valence-electron chi connectivity index (χ0n) is 14.0. The van der Waals surface area contributed by atoms with Gasteiger partial charge in [0.05, 0.1) is 0 Å². The van der Waals surface area contributed by atoms with Crippen molar-refractivity contribution < 1.29 is 18.4 Å². The van der Waals surface area contributed by atoms with Crippen molar-refractivity contribution in [3.05, 3.63) is 65.7 Å². The molecule has 1 aromatic heterocycles. The van der Waals surface area contributed by atoms with Crippen LogP contribution in [0.2, 0.25) is 0 Å². The summed E-state index contributed by atoms with van der Waals surface area (Å²) in [7, 11) is 0. The van der Waals surface area contributed by atoms with Crippen LogP contribution in [0.15, 0.2) is 52.9 Å². The monoisotopic (exact) mass is 352 g/mol. The van der Waals surface area contributed by atoms with Crippen molar-refractivity contribution in [2.24, 2.45) is 0 Å². The number of carbonyl (C=O) groups is 2. The molecule has 1 aliphatic rings. The minimum absolute atomic E-state index is 0.128. The van der Waals surface area contributed by atoms with Gasteiger partial charge in [0.25, 0.3) is 11.8 Å². The average Bonchev–Trinajstić information content (AvgIpc) is 3.30. The van der Waals surface area contributed by atoms with Crippen molar-refractivity contribution >= 4 is 28.5 Å². The van der Waals surface area contributed by atoms with E-state index in [0.717, 1.165) is 12.8 Å². The standard InChI is InChI=1S/C20H17FN2O3/c21-14-9-7-13(8-10-14)19(24)22-17-15-5-1-2-6-16(15)26-18(17)20(25)23-11-3-4-12-23/h1-2,5-10H,3-4,11-12H2,(H,22,24). The summed E-state index contributed by atoms with van der Waals surface area (Å²) in [6.45, 7) is 1.36. The Morgan fingerprint density at radius 2 is 1.69 bits per heavy atom. The lowest BCUT2D eigenvalue weighted by atomic mass is 10.1. The van der Waals surface area contributed by atoms with Crippen LogP contribution in [0.5, 0.6) is 0 Å². The van der Waals surface area contributed by atoms with Gasteiger partial charge in [-0.05, 0) is 49.2 Å². The number of carbonyl (C=O) groups excluding carboxylic acids is 2. The summed E-state index contributed by atoms with van der Waals surface area (Å²) in [5.74, 6) is -0.941. The van der Waals surface area contributed by atoms with Crippen molar-refractivity contribution in [1.82, 2.24) is 4.90 Å². The van der Waals surface area contributed by atoms with Crippen molar-refractivity contribution in [3.8, 4) is 0 Å². The Balaban J connectivity index is 1.72. The molecule has 1 N–H and O–H groups in total. The number of likely N-dealkylation sites (tertiary alicyclic amines) is 1. The second-order valence-corrected chi connectivity index (χ2v) is 6.26. The molecule has 0 spiro atoms. The van der Waals surface area contributed by atoms with Gasteiger partial charge in [-0.25, -0.2) is 4.39 Å². The molecule has 26 heavy (non-hydrogen) atoms. The third-order valence-electron chi connectivity index (χ3n) is 4.53. The SMILES string of the molecule is O=C(Nc1c(C(=O)N2CCCC2)oc2ccccc12)c1ccc(F)cc1. The molecule has 0 unspecified atom stereocenters. The summed E-state index contributed by atoms with van der Waals surface area (Å²) in [5, 5.41) is 3.43. The number of nitrogens with zero attached hydrogens (tertiary/aromatic N) is 1. The van der Waals surface area contributed by atoms with Gasteiger partial charge in [0.2, 0.25) is 5.76 Å². The van der Waals surface area contributed by atoms with Gasteiger partial charge in [-0.15, -0.1) is 0 Å². The Hall–Kier alpha value is -3.15. The van der Waals surface area contributed by atoms with Gasteiger partial charge in [-0.3, -0.25) is 9.59 Å². The predicted octanol–water partition coefficient (Wildman–Crippen LogP) is 4.06. The smallest absolute Gasteiger partial charge is 0.291 e. The number of hydrogen-bond donors (Lipinski definition) is 1. The number of benzene rings is 2. The molecule has 2 aromatic carbocycles. The van der Waals surface area contributed by atoms with Gasteiger partial charge < -0.3 is 14.6 Å². The molecule has 0 saturated carbocycles. The highest BCUT2D eigenvalue weighted by atomic mass is 19.1. The first kappa shape index (κ1) is 16.3. The Morgan fingerprint density at radius 3 is 2.42 bits per heavy atom. The molecule has 0 bridgehead atoms. The van der Waals surface area contributed by atoms with Crippen molar-refractivity contribution in [2.45, 2.75) is 12.8 Å². The van der Waals surface area contributed by atoms with Crippen LogP contribution in [-0.2, 0) is 0 Å². The molecule has 1 fully saturated rings. The first-order valence-corrected chi connectivity index (χ1v) is 8.51. The molecule has 2 amide bonds. The minimum atomic E-state index is -0.424. The van der Waals surface area contributed by atoms with E-state index in [9.17, 15) is 14.0 Å².